The maximum absolute atomic E-state index is 13.5. The Morgan fingerprint density at radius 1 is 0.487 bits per heavy atom. The molecule has 2 unspecified atom stereocenters. The highest BCUT2D eigenvalue weighted by molar-refractivity contribution is 6.21. The van der Waals surface area contributed by atoms with Gasteiger partial charge in [0, 0.05) is 177 Å². The molecular formula is C94H76N8O11. The van der Waals surface area contributed by atoms with E-state index in [1.807, 2.05) is 177 Å². The Kier molecular flexibility index (Phi) is 18.9. The number of aromatic amines is 8. The molecule has 0 amide bonds. The summed E-state index contributed by atoms with van der Waals surface area (Å²) >= 11 is 0. The third kappa shape index (κ3) is 13.1. The zero-order valence-electron chi connectivity index (χ0n) is 61.4. The van der Waals surface area contributed by atoms with Gasteiger partial charge in [-0.25, -0.2) is 14.4 Å². The summed E-state index contributed by atoms with van der Waals surface area (Å²) in [5.41, 5.74) is 23.3. The van der Waals surface area contributed by atoms with Crippen molar-refractivity contribution < 1.29 is 54.2 Å². The van der Waals surface area contributed by atoms with Crippen molar-refractivity contribution in [1.29, 1.82) is 0 Å². The Bertz CT molecular complexity index is 6860. The van der Waals surface area contributed by atoms with Gasteiger partial charge in [0.05, 0.1) is 28.5 Å². The molecule has 1 aliphatic heterocycles. The molecule has 4 atom stereocenters. The number of carbonyl (C=O) groups is 5. The second-order valence-electron chi connectivity index (χ2n) is 28.7. The predicted molar refractivity (Wildman–Crippen MR) is 444 cm³/mol. The minimum atomic E-state index is -1.42. The number of esters is 1. The van der Waals surface area contributed by atoms with E-state index in [2.05, 4.69) is 113 Å². The molecule has 19 nitrogen and oxygen atoms in total. The lowest BCUT2D eigenvalue weighted by Gasteiger charge is -2.17. The maximum atomic E-state index is 13.5. The number of aliphatic carboxylic acids is 2. The normalized spacial score (nSPS) is 14.6. The lowest BCUT2D eigenvalue weighted by molar-refractivity contribution is -0.146. The summed E-state index contributed by atoms with van der Waals surface area (Å²) in [4.78, 5) is 85.1. The molecule has 2 aliphatic carbocycles. The van der Waals surface area contributed by atoms with Crippen LogP contribution in [0.3, 0.4) is 0 Å². The molecule has 10 aromatic carbocycles. The number of nitrogens with one attached hydrogen (secondary N) is 8. The van der Waals surface area contributed by atoms with E-state index in [4.69, 9.17) is 14.9 Å². The third-order valence-corrected chi connectivity index (χ3v) is 22.0. The smallest absolute Gasteiger partial charge is 0.339 e. The number of aliphatic hydroxyl groups excluding tert-OH is 1. The van der Waals surface area contributed by atoms with Crippen LogP contribution < -0.4 is 0 Å². The molecule has 558 valence electrons. The first-order valence-electron chi connectivity index (χ1n) is 37.5. The summed E-state index contributed by atoms with van der Waals surface area (Å²) in [7, 11) is 0. The lowest BCUT2D eigenvalue weighted by atomic mass is 9.90. The number of benzene rings is 10. The van der Waals surface area contributed by atoms with Crippen LogP contribution >= 0.6 is 0 Å². The zero-order valence-corrected chi connectivity index (χ0v) is 61.4. The van der Waals surface area contributed by atoms with Crippen LogP contribution in [0.2, 0.25) is 0 Å². The van der Waals surface area contributed by atoms with E-state index in [0.717, 1.165) is 177 Å². The number of rotatable bonds is 14. The van der Waals surface area contributed by atoms with Gasteiger partial charge in [-0.3, -0.25) is 9.59 Å². The van der Waals surface area contributed by atoms with Crippen molar-refractivity contribution in [3.05, 3.63) is 329 Å². The van der Waals surface area contributed by atoms with Gasteiger partial charge in [-0.05, 0) is 106 Å². The third-order valence-electron chi connectivity index (χ3n) is 22.0. The van der Waals surface area contributed by atoms with Crippen molar-refractivity contribution >= 4 is 139 Å². The first-order valence-corrected chi connectivity index (χ1v) is 37.5. The minimum Gasteiger partial charge on any atom is -0.506 e. The number of ether oxygens (including phenoxy) is 1. The Labute approximate surface area is 645 Å². The molecule has 19 heteroatoms. The molecule has 0 fully saturated rings. The van der Waals surface area contributed by atoms with Crippen LogP contribution in [0.4, 0.5) is 0 Å². The van der Waals surface area contributed by atoms with Crippen molar-refractivity contribution in [3.63, 3.8) is 0 Å². The van der Waals surface area contributed by atoms with Crippen molar-refractivity contribution in [2.75, 3.05) is 0 Å². The van der Waals surface area contributed by atoms with Gasteiger partial charge in [0.15, 0.2) is 11.9 Å². The van der Waals surface area contributed by atoms with Crippen LogP contribution in [-0.2, 0) is 44.8 Å². The number of aromatic carboxylic acids is 1. The van der Waals surface area contributed by atoms with Gasteiger partial charge in [0.2, 0.25) is 0 Å². The average molecular weight is 1490 g/mol. The standard InChI is InChI=1S/C30H20N2O2.C21H14N2O3.C20H18N2O3.C12H13NO2.C11H11NO/c33-30-25(19-14-13-16-7-1-2-8-17(16)19)27-24-20-10-4-6-12-23(20)32-28(24)26(29(27)34-30)21-15-31-22-11-5-3-9-18(21)22;24-20-14(21(25)26)9-13-11-5-2-4-8-17(11)23-19(13)18(20)15-10-22-16-7-3-1-6-12(15)16;23-19(20(24)25)10-15-14-6-2-4-8-17(14)22-18(15)9-12-11-21-16-7-3-1-5-13(12)16;1-8(12(14)15)6-9-7-13-11-5-3-2-4-10(9)11;1-2-11(13)9-7-12-10-6-4-3-5-8(9)10/h1-12,14-15,26,29,31-32H,13H2;1-10,22-24H,(H,25,26);1-8,11,19,21-23H,9-10H2,(H,24,25);2-5,7-8,13H,6H2,1H3,(H,14,15);3-7,12H,2H2,1H3/t26-,29-;;;;/m1..../s1. The summed E-state index contributed by atoms with van der Waals surface area (Å²) in [6.07, 6.45) is 12.6. The number of carbonyl (C=O) groups excluding carboxylic acids is 2. The molecule has 0 spiro atoms. The summed E-state index contributed by atoms with van der Waals surface area (Å²) in [5.74, 6) is -3.81. The Morgan fingerprint density at radius 2 is 1.00 bits per heavy atom. The highest BCUT2D eigenvalue weighted by atomic mass is 16.5. The number of hydrogen-bond acceptors (Lipinski definition) is 8. The number of hydrogen-bond donors (Lipinski definition) is 13. The van der Waals surface area contributed by atoms with Crippen LogP contribution in [-0.4, -0.2) is 107 Å². The van der Waals surface area contributed by atoms with E-state index >= 15 is 0 Å². The molecule has 113 heavy (non-hydrogen) atoms. The number of H-pyrrole nitrogens is 8. The summed E-state index contributed by atoms with van der Waals surface area (Å²) in [6, 6.07) is 73.6. The van der Waals surface area contributed by atoms with Gasteiger partial charge in [-0.15, -0.1) is 0 Å². The number of carboxylic acid groups (broad SMARTS) is 3. The Balaban J connectivity index is 0.000000106. The lowest BCUT2D eigenvalue weighted by Crippen LogP contribution is -2.22. The van der Waals surface area contributed by atoms with Crippen LogP contribution in [0.25, 0.3) is 120 Å². The van der Waals surface area contributed by atoms with E-state index in [-0.39, 0.29) is 47.4 Å². The largest absolute Gasteiger partial charge is 0.506 e. The molecule has 9 heterocycles. The average Bonchev–Trinajstić information content (AvgIpc) is 1.54. The second-order valence-corrected chi connectivity index (χ2v) is 28.7. The zero-order chi connectivity index (χ0) is 77.7. The van der Waals surface area contributed by atoms with Gasteiger partial charge in [0.25, 0.3) is 0 Å². The molecule has 8 aromatic heterocycles. The second kappa shape index (κ2) is 29.9. The quantitative estimate of drug-likeness (QED) is 0.0358. The van der Waals surface area contributed by atoms with Gasteiger partial charge in [-0.2, -0.15) is 0 Å². The molecule has 13 N–H and O–H groups in total. The van der Waals surface area contributed by atoms with Crippen molar-refractivity contribution in [2.24, 2.45) is 5.92 Å². The number of allylic oxidation sites excluding steroid dienone is 1. The van der Waals surface area contributed by atoms with E-state index in [1.165, 1.54) is 11.6 Å². The van der Waals surface area contributed by atoms with E-state index in [9.17, 15) is 39.3 Å². The maximum Gasteiger partial charge on any atom is 0.339 e. The monoisotopic (exact) mass is 1490 g/mol. The van der Waals surface area contributed by atoms with Crippen molar-refractivity contribution in [2.45, 2.75) is 64.1 Å². The molecule has 21 rings (SSSR count). The predicted octanol–water partition coefficient (Wildman–Crippen LogP) is 19.4. The van der Waals surface area contributed by atoms with E-state index in [1.54, 1.807) is 19.3 Å². The molecular weight excluding hydrogens is 1420 g/mol. The van der Waals surface area contributed by atoms with Crippen molar-refractivity contribution in [1.82, 2.24) is 39.9 Å². The molecule has 0 bridgehead atoms. The molecule has 0 radical (unpaired) electrons. The number of fused-ring (bicyclic) bond motifs is 15. The first-order chi connectivity index (χ1) is 55.1. The van der Waals surface area contributed by atoms with Gasteiger partial charge >= 0.3 is 23.9 Å². The highest BCUT2D eigenvalue weighted by Gasteiger charge is 2.51. The highest BCUT2D eigenvalue weighted by Crippen LogP contribution is 2.57. The number of aliphatic hydroxyl groups is 1. The number of carboxylic acids is 3. The fraction of sp³-hybridized carbons (Fsp3) is 0.117. The van der Waals surface area contributed by atoms with Gasteiger partial charge in [-0.1, -0.05) is 190 Å². The fourth-order valence-corrected chi connectivity index (χ4v) is 16.5. The van der Waals surface area contributed by atoms with E-state index in [0.29, 0.717) is 24.8 Å². The molecule has 0 saturated heterocycles. The topological polar surface area (TPSA) is 322 Å². The fourth-order valence-electron chi connectivity index (χ4n) is 16.5. The summed E-state index contributed by atoms with van der Waals surface area (Å²) in [6.45, 7) is 3.61. The van der Waals surface area contributed by atoms with Crippen LogP contribution in [0.15, 0.2) is 267 Å². The van der Waals surface area contributed by atoms with Crippen LogP contribution in [0.5, 0.6) is 5.75 Å². The summed E-state index contributed by atoms with van der Waals surface area (Å²) in [5, 5.41) is 57.3. The minimum absolute atomic E-state index is 0.0804. The number of aromatic hydroxyl groups is 1. The first kappa shape index (κ1) is 71.5. The van der Waals surface area contributed by atoms with Crippen molar-refractivity contribution in [3.8, 4) is 16.9 Å². The van der Waals surface area contributed by atoms with Crippen LogP contribution in [0.1, 0.15) is 97.2 Å². The Hall–Kier alpha value is -14.4. The number of ketones is 1. The number of aromatic nitrogens is 8. The Morgan fingerprint density at radius 3 is 1.65 bits per heavy atom. The summed E-state index contributed by atoms with van der Waals surface area (Å²) < 4.78 is 6.21. The molecule has 3 aliphatic rings. The number of Topliss-reactive ketones (excluding diaryl/α,β-unsaturated/α-hetero) is 1. The number of phenols is 1. The molecule has 18 aromatic rings. The molecule has 0 saturated carbocycles. The number of para-hydroxylation sites is 8. The van der Waals surface area contributed by atoms with Crippen LogP contribution in [0, 0.1) is 5.92 Å². The van der Waals surface area contributed by atoms with E-state index < -0.39 is 24.0 Å². The SMILES string of the molecule is CC(Cc1c[nH]c2ccccc12)C(=O)O.CCC(=O)c1c[nH]c2ccccc12.O=C(O)C(O)Cc1c(Cc2c[nH]c3ccccc23)[nH]c2ccccc12.O=C(O)c1cc2c([nH]c3ccccc32)c(-c2c[nH]c3ccccc23)c1O.O=C1O[C@H]2C(=C1C1=CCc3ccccc31)c1c([nH]c3ccccc13)[C@H]2c1c[nH]c2ccccc12. The van der Waals surface area contributed by atoms with Gasteiger partial charge < -0.3 is 70.1 Å². The van der Waals surface area contributed by atoms with Gasteiger partial charge in [0.1, 0.15) is 17.4 Å².